The molecule has 0 radical (unpaired) electrons. The third-order valence-electron chi connectivity index (χ3n) is 2.74. The Kier molecular flexibility index (Phi) is 5.70. The number of nitrogens with zero attached hydrogens (tertiary/aromatic N) is 1. The number of nitrogens with two attached hydrogens (primary N) is 1. The predicted octanol–water partition coefficient (Wildman–Crippen LogP) is 4.10. The van der Waals surface area contributed by atoms with Crippen LogP contribution in [-0.4, -0.2) is 11.6 Å². The van der Waals surface area contributed by atoms with Gasteiger partial charge in [-0.25, -0.2) is 18.2 Å². The molecule has 2 aromatic rings. The average Bonchev–Trinajstić information content (AvgIpc) is 2.53. The fourth-order valence-corrected chi connectivity index (χ4v) is 1.74. The molecule has 0 fully saturated rings. The van der Waals surface area contributed by atoms with E-state index in [9.17, 15) is 13.2 Å². The quantitative estimate of drug-likeness (QED) is 0.829. The van der Waals surface area contributed by atoms with Crippen LogP contribution in [0.1, 0.15) is 12.0 Å². The molecule has 1 aromatic heterocycles. The molecule has 3 N–H and O–H groups in total. The van der Waals surface area contributed by atoms with Gasteiger partial charge in [0.2, 0.25) is 5.88 Å². The lowest BCUT2D eigenvalue weighted by molar-refractivity contribution is 0.146. The minimum Gasteiger partial charge on any atom is -0.471 e. The Morgan fingerprint density at radius 3 is 2.78 bits per heavy atom. The highest BCUT2D eigenvalue weighted by molar-refractivity contribution is 6.30. The second-order valence-electron chi connectivity index (χ2n) is 4.50. The number of nitrogens with one attached hydrogen (secondary N) is 1. The van der Waals surface area contributed by atoms with Crippen molar-refractivity contribution in [1.29, 1.82) is 0 Å². The maximum Gasteiger partial charge on any atom is 0.266 e. The van der Waals surface area contributed by atoms with Gasteiger partial charge in [0.15, 0.2) is 0 Å². The van der Waals surface area contributed by atoms with Gasteiger partial charge in [-0.05, 0) is 24.3 Å². The molecule has 0 atom stereocenters. The lowest BCUT2D eigenvalue weighted by atomic mass is 10.2. The lowest BCUT2D eigenvalue weighted by Crippen LogP contribution is -2.11. The number of hydrogen-bond acceptors (Lipinski definition) is 4. The summed E-state index contributed by atoms with van der Waals surface area (Å²) >= 11 is 5.69. The number of rotatable bonds is 6. The highest BCUT2D eigenvalue weighted by atomic mass is 35.5. The first-order valence-corrected chi connectivity index (χ1v) is 6.86. The molecule has 0 aliphatic heterocycles. The van der Waals surface area contributed by atoms with Crippen molar-refractivity contribution in [3.05, 3.63) is 64.8 Å². The SMILES string of the molecule is N/C(=C\Nc1ccc(F)c(C(F)F)c1)COc1ccc(Cl)cn1. The number of halogens is 4. The van der Waals surface area contributed by atoms with Crippen LogP contribution < -0.4 is 15.8 Å². The highest BCUT2D eigenvalue weighted by Crippen LogP contribution is 2.25. The Morgan fingerprint density at radius 1 is 1.35 bits per heavy atom. The van der Waals surface area contributed by atoms with Crippen LogP contribution in [0, 0.1) is 5.82 Å². The van der Waals surface area contributed by atoms with Gasteiger partial charge in [-0.1, -0.05) is 11.6 Å². The molecular formula is C15H13ClF3N3O. The van der Waals surface area contributed by atoms with E-state index in [4.69, 9.17) is 22.1 Å². The van der Waals surface area contributed by atoms with Crippen molar-refractivity contribution in [3.63, 3.8) is 0 Å². The molecule has 23 heavy (non-hydrogen) atoms. The zero-order chi connectivity index (χ0) is 16.8. The maximum atomic E-state index is 13.2. The standard InChI is InChI=1S/C15H13ClF3N3O/c16-9-1-4-14(22-6-9)23-8-10(20)7-21-11-2-3-13(17)12(5-11)15(18)19/h1-7,15,21H,8,20H2/b10-7-. The summed E-state index contributed by atoms with van der Waals surface area (Å²) in [5.41, 5.74) is 5.63. The van der Waals surface area contributed by atoms with Gasteiger partial charge < -0.3 is 15.8 Å². The van der Waals surface area contributed by atoms with Gasteiger partial charge in [-0.2, -0.15) is 0 Å². The predicted molar refractivity (Wildman–Crippen MR) is 82.0 cm³/mol. The summed E-state index contributed by atoms with van der Waals surface area (Å²) in [5, 5.41) is 3.18. The molecule has 1 heterocycles. The van der Waals surface area contributed by atoms with Gasteiger partial charge in [0.1, 0.15) is 12.4 Å². The first-order chi connectivity index (χ1) is 11.0. The minimum atomic E-state index is -2.89. The molecule has 0 aliphatic rings. The highest BCUT2D eigenvalue weighted by Gasteiger charge is 2.13. The zero-order valence-electron chi connectivity index (χ0n) is 11.8. The molecule has 0 amide bonds. The Hall–Kier alpha value is -2.41. The normalized spacial score (nSPS) is 11.6. The van der Waals surface area contributed by atoms with Crippen LogP contribution in [0.5, 0.6) is 5.88 Å². The van der Waals surface area contributed by atoms with E-state index in [1.165, 1.54) is 18.5 Å². The van der Waals surface area contributed by atoms with Gasteiger partial charge in [-0.3, -0.25) is 0 Å². The summed E-state index contributed by atoms with van der Waals surface area (Å²) in [6.45, 7) is 0.0323. The van der Waals surface area contributed by atoms with Crippen molar-refractivity contribution in [1.82, 2.24) is 4.98 Å². The molecule has 0 unspecified atom stereocenters. The molecule has 2 rings (SSSR count). The number of aromatic nitrogens is 1. The van der Waals surface area contributed by atoms with E-state index in [1.54, 1.807) is 12.1 Å². The van der Waals surface area contributed by atoms with E-state index >= 15 is 0 Å². The van der Waals surface area contributed by atoms with Crippen molar-refractivity contribution < 1.29 is 17.9 Å². The smallest absolute Gasteiger partial charge is 0.266 e. The number of alkyl halides is 2. The third-order valence-corrected chi connectivity index (χ3v) is 2.97. The van der Waals surface area contributed by atoms with Crippen molar-refractivity contribution in [2.75, 3.05) is 11.9 Å². The van der Waals surface area contributed by atoms with Crippen LogP contribution in [0.4, 0.5) is 18.9 Å². The number of pyridine rings is 1. The van der Waals surface area contributed by atoms with Crippen molar-refractivity contribution in [2.45, 2.75) is 6.43 Å². The minimum absolute atomic E-state index is 0.0323. The fraction of sp³-hybridized carbons (Fsp3) is 0.133. The summed E-state index contributed by atoms with van der Waals surface area (Å²) in [6, 6.07) is 6.50. The van der Waals surface area contributed by atoms with Crippen molar-refractivity contribution >= 4 is 17.3 Å². The van der Waals surface area contributed by atoms with E-state index in [0.717, 1.165) is 12.1 Å². The Balaban J connectivity index is 1.94. The topological polar surface area (TPSA) is 60.2 Å². The Labute approximate surface area is 135 Å². The summed E-state index contributed by atoms with van der Waals surface area (Å²) in [4.78, 5) is 3.93. The first kappa shape index (κ1) is 17.0. The van der Waals surface area contributed by atoms with Crippen LogP contribution in [0.2, 0.25) is 5.02 Å². The summed E-state index contributed by atoms with van der Waals surface area (Å²) in [6.07, 6.45) is -0.0879. The molecule has 122 valence electrons. The van der Waals surface area contributed by atoms with Gasteiger partial charge in [-0.15, -0.1) is 0 Å². The number of anilines is 1. The molecule has 0 saturated carbocycles. The van der Waals surface area contributed by atoms with Gasteiger partial charge in [0.25, 0.3) is 6.43 Å². The van der Waals surface area contributed by atoms with Crippen LogP contribution in [0.25, 0.3) is 0 Å². The maximum absolute atomic E-state index is 13.2. The Bertz CT molecular complexity index is 693. The molecule has 4 nitrogen and oxygen atoms in total. The summed E-state index contributed by atoms with van der Waals surface area (Å²) in [7, 11) is 0. The van der Waals surface area contributed by atoms with Crippen LogP contribution in [-0.2, 0) is 0 Å². The molecule has 0 saturated heterocycles. The van der Waals surface area contributed by atoms with E-state index in [-0.39, 0.29) is 12.3 Å². The third kappa shape index (κ3) is 5.07. The largest absolute Gasteiger partial charge is 0.471 e. The molecule has 0 spiro atoms. The second kappa shape index (κ2) is 7.73. The molecule has 8 heteroatoms. The summed E-state index contributed by atoms with van der Waals surface area (Å²) in [5.74, 6) is -0.618. The molecular weight excluding hydrogens is 331 g/mol. The first-order valence-electron chi connectivity index (χ1n) is 6.48. The van der Waals surface area contributed by atoms with E-state index in [2.05, 4.69) is 10.3 Å². The monoisotopic (exact) mass is 343 g/mol. The average molecular weight is 344 g/mol. The molecule has 1 aromatic carbocycles. The molecule has 0 bridgehead atoms. The molecule has 0 aliphatic carbocycles. The van der Waals surface area contributed by atoms with Gasteiger partial charge in [0.05, 0.1) is 16.3 Å². The zero-order valence-corrected chi connectivity index (χ0v) is 12.5. The van der Waals surface area contributed by atoms with Crippen LogP contribution in [0.15, 0.2) is 48.4 Å². The fourth-order valence-electron chi connectivity index (χ4n) is 1.62. The van der Waals surface area contributed by atoms with E-state index in [1.807, 2.05) is 0 Å². The Morgan fingerprint density at radius 2 is 2.13 bits per heavy atom. The van der Waals surface area contributed by atoms with Gasteiger partial charge >= 0.3 is 0 Å². The lowest BCUT2D eigenvalue weighted by Gasteiger charge is -2.08. The van der Waals surface area contributed by atoms with Crippen LogP contribution in [0.3, 0.4) is 0 Å². The van der Waals surface area contributed by atoms with E-state index < -0.39 is 17.8 Å². The van der Waals surface area contributed by atoms with E-state index in [0.29, 0.717) is 16.6 Å². The van der Waals surface area contributed by atoms with Crippen LogP contribution >= 0.6 is 11.6 Å². The van der Waals surface area contributed by atoms with Crippen molar-refractivity contribution in [2.24, 2.45) is 5.73 Å². The number of benzene rings is 1. The summed E-state index contributed by atoms with van der Waals surface area (Å²) < 4.78 is 43.7. The van der Waals surface area contributed by atoms with Gasteiger partial charge in [0, 0.05) is 24.2 Å². The second-order valence-corrected chi connectivity index (χ2v) is 4.94. The number of ether oxygens (including phenoxy) is 1. The number of hydrogen-bond donors (Lipinski definition) is 2. The van der Waals surface area contributed by atoms with Crippen molar-refractivity contribution in [3.8, 4) is 5.88 Å².